The summed E-state index contributed by atoms with van der Waals surface area (Å²) in [5, 5.41) is 4.64. The lowest BCUT2D eigenvalue weighted by Gasteiger charge is -2.27. The standard InChI is InChI=1S/C19H23N3O5S/c1-10-7-14-17(18(24)20-10)13(8-15(23)27-14)16-11(2)21-22(12(16)3)19(4)5-6-28(25,26)9-19/h7,13H,5-6,8-9H2,1-4H3,(H,20,24)/t13-,19+/m1/s1. The highest BCUT2D eigenvalue weighted by Crippen LogP contribution is 2.41. The summed E-state index contributed by atoms with van der Waals surface area (Å²) in [5.74, 6) is -0.428. The molecule has 2 aromatic rings. The molecular weight excluding hydrogens is 382 g/mol. The van der Waals surface area contributed by atoms with Gasteiger partial charge < -0.3 is 9.72 Å². The van der Waals surface area contributed by atoms with Crippen LogP contribution in [-0.4, -0.2) is 40.7 Å². The lowest BCUT2D eigenvalue weighted by atomic mass is 9.85. The van der Waals surface area contributed by atoms with Crippen LogP contribution in [0.1, 0.15) is 53.9 Å². The molecule has 8 nitrogen and oxygen atoms in total. The van der Waals surface area contributed by atoms with Crippen molar-refractivity contribution in [2.24, 2.45) is 0 Å². The molecule has 0 amide bonds. The summed E-state index contributed by atoms with van der Waals surface area (Å²) < 4.78 is 31.2. The van der Waals surface area contributed by atoms with Crippen LogP contribution in [0.25, 0.3) is 0 Å². The number of pyridine rings is 1. The summed E-state index contributed by atoms with van der Waals surface area (Å²) in [6, 6.07) is 1.65. The molecule has 150 valence electrons. The maximum absolute atomic E-state index is 12.7. The average Bonchev–Trinajstić information content (AvgIpc) is 3.02. The summed E-state index contributed by atoms with van der Waals surface area (Å²) >= 11 is 0. The fourth-order valence-electron chi connectivity index (χ4n) is 4.61. The summed E-state index contributed by atoms with van der Waals surface area (Å²) in [4.78, 5) is 27.7. The maximum Gasteiger partial charge on any atom is 0.312 e. The monoisotopic (exact) mass is 405 g/mol. The van der Waals surface area contributed by atoms with E-state index in [1.165, 1.54) is 0 Å². The van der Waals surface area contributed by atoms with Crippen molar-refractivity contribution in [2.75, 3.05) is 11.5 Å². The number of aromatic amines is 1. The van der Waals surface area contributed by atoms with Crippen LogP contribution in [0.3, 0.4) is 0 Å². The molecule has 1 saturated heterocycles. The van der Waals surface area contributed by atoms with Crippen molar-refractivity contribution in [3.8, 4) is 5.75 Å². The van der Waals surface area contributed by atoms with Crippen LogP contribution in [0.5, 0.6) is 5.75 Å². The lowest BCUT2D eigenvalue weighted by Crippen LogP contribution is -2.33. The molecule has 0 aromatic carbocycles. The molecule has 2 aromatic heterocycles. The Labute approximate surface area is 162 Å². The smallest absolute Gasteiger partial charge is 0.312 e. The molecule has 1 N–H and O–H groups in total. The summed E-state index contributed by atoms with van der Waals surface area (Å²) in [6.45, 7) is 7.32. The largest absolute Gasteiger partial charge is 0.426 e. The summed E-state index contributed by atoms with van der Waals surface area (Å²) in [7, 11) is -3.11. The molecule has 1 fully saturated rings. The fraction of sp³-hybridized carbons (Fsp3) is 0.526. The van der Waals surface area contributed by atoms with Gasteiger partial charge in [0.15, 0.2) is 9.84 Å². The van der Waals surface area contributed by atoms with Crippen LogP contribution in [0.4, 0.5) is 0 Å². The van der Waals surface area contributed by atoms with Crippen molar-refractivity contribution in [3.63, 3.8) is 0 Å². The normalized spacial score (nSPS) is 26.1. The first kappa shape index (κ1) is 18.9. The van der Waals surface area contributed by atoms with E-state index in [1.54, 1.807) is 17.7 Å². The number of hydrogen-bond donors (Lipinski definition) is 1. The van der Waals surface area contributed by atoms with E-state index >= 15 is 0 Å². The van der Waals surface area contributed by atoms with E-state index in [9.17, 15) is 18.0 Å². The number of aryl methyl sites for hydroxylation is 2. The molecule has 2 atom stereocenters. The van der Waals surface area contributed by atoms with E-state index in [0.717, 1.165) is 11.3 Å². The van der Waals surface area contributed by atoms with E-state index in [1.807, 2.05) is 20.8 Å². The van der Waals surface area contributed by atoms with E-state index in [0.29, 0.717) is 23.4 Å². The van der Waals surface area contributed by atoms with Crippen molar-refractivity contribution in [3.05, 3.63) is 44.6 Å². The molecule has 4 rings (SSSR count). The van der Waals surface area contributed by atoms with Crippen molar-refractivity contribution in [1.29, 1.82) is 0 Å². The lowest BCUT2D eigenvalue weighted by molar-refractivity contribution is -0.135. The molecule has 0 bridgehead atoms. The van der Waals surface area contributed by atoms with Crippen molar-refractivity contribution in [2.45, 2.75) is 52.0 Å². The number of fused-ring (bicyclic) bond motifs is 1. The van der Waals surface area contributed by atoms with Gasteiger partial charge in [-0.25, -0.2) is 8.42 Å². The predicted molar refractivity (Wildman–Crippen MR) is 103 cm³/mol. The van der Waals surface area contributed by atoms with Gasteiger partial charge in [-0.3, -0.25) is 14.3 Å². The molecule has 28 heavy (non-hydrogen) atoms. The minimum atomic E-state index is -3.11. The Balaban J connectivity index is 1.88. The van der Waals surface area contributed by atoms with Crippen molar-refractivity contribution < 1.29 is 17.9 Å². The molecule has 0 unspecified atom stereocenters. The zero-order valence-corrected chi connectivity index (χ0v) is 17.1. The first-order valence-corrected chi connectivity index (χ1v) is 11.0. The minimum Gasteiger partial charge on any atom is -0.426 e. The Morgan fingerprint density at radius 2 is 1.96 bits per heavy atom. The Morgan fingerprint density at radius 3 is 2.61 bits per heavy atom. The van der Waals surface area contributed by atoms with Gasteiger partial charge in [-0.2, -0.15) is 5.10 Å². The summed E-state index contributed by atoms with van der Waals surface area (Å²) in [5.41, 5.74) is 2.37. The highest BCUT2D eigenvalue weighted by molar-refractivity contribution is 7.91. The number of aromatic nitrogens is 3. The van der Waals surface area contributed by atoms with Crippen LogP contribution >= 0.6 is 0 Å². The van der Waals surface area contributed by atoms with Gasteiger partial charge in [-0.05, 0) is 34.1 Å². The third kappa shape index (κ3) is 2.88. The zero-order chi connectivity index (χ0) is 20.4. The highest BCUT2D eigenvalue weighted by Gasteiger charge is 2.43. The number of hydrogen-bond acceptors (Lipinski definition) is 6. The number of carbonyl (C=O) groups is 1. The molecule has 2 aliphatic heterocycles. The highest BCUT2D eigenvalue weighted by atomic mass is 32.2. The van der Waals surface area contributed by atoms with Crippen molar-refractivity contribution in [1.82, 2.24) is 14.8 Å². The number of nitrogens with zero attached hydrogens (tertiary/aromatic N) is 2. The molecule has 0 radical (unpaired) electrons. The van der Waals surface area contributed by atoms with Gasteiger partial charge in [-0.1, -0.05) is 0 Å². The van der Waals surface area contributed by atoms with E-state index in [2.05, 4.69) is 10.1 Å². The predicted octanol–water partition coefficient (Wildman–Crippen LogP) is 1.47. The number of sulfone groups is 1. The molecular formula is C19H23N3O5S. The Morgan fingerprint density at radius 1 is 1.25 bits per heavy atom. The number of ether oxygens (including phenoxy) is 1. The zero-order valence-electron chi connectivity index (χ0n) is 16.3. The molecule has 0 saturated carbocycles. The van der Waals surface area contributed by atoms with Gasteiger partial charge in [0.25, 0.3) is 5.56 Å². The third-order valence-electron chi connectivity index (χ3n) is 5.80. The molecule has 0 spiro atoms. The van der Waals surface area contributed by atoms with Gasteiger partial charge in [0.1, 0.15) is 5.75 Å². The quantitative estimate of drug-likeness (QED) is 0.758. The molecule has 2 aliphatic rings. The second-order valence-corrected chi connectivity index (χ2v) is 10.3. The first-order chi connectivity index (χ1) is 13.0. The Kier molecular flexibility index (Phi) is 4.08. The molecule has 0 aliphatic carbocycles. The number of H-pyrrole nitrogens is 1. The van der Waals surface area contributed by atoms with Crippen molar-refractivity contribution >= 4 is 15.8 Å². The average molecular weight is 405 g/mol. The van der Waals surface area contributed by atoms with Crippen LogP contribution in [0.2, 0.25) is 0 Å². The van der Waals surface area contributed by atoms with Gasteiger partial charge in [0, 0.05) is 28.9 Å². The third-order valence-corrected chi connectivity index (χ3v) is 7.69. The van der Waals surface area contributed by atoms with Crippen LogP contribution in [-0.2, 0) is 20.2 Å². The molecule has 4 heterocycles. The number of nitrogens with one attached hydrogen (secondary N) is 1. The fourth-order valence-corrected chi connectivity index (χ4v) is 6.72. The van der Waals surface area contributed by atoms with Gasteiger partial charge in [0.2, 0.25) is 0 Å². The second kappa shape index (κ2) is 6.04. The molecule has 9 heteroatoms. The van der Waals surface area contributed by atoms with E-state index in [4.69, 9.17) is 4.74 Å². The minimum absolute atomic E-state index is 0.0322. The van der Waals surface area contributed by atoms with Crippen LogP contribution in [0.15, 0.2) is 10.9 Å². The van der Waals surface area contributed by atoms with E-state index < -0.39 is 27.3 Å². The Bertz CT molecular complexity index is 1160. The number of carbonyl (C=O) groups excluding carboxylic acids is 1. The topological polar surface area (TPSA) is 111 Å². The van der Waals surface area contributed by atoms with Crippen LogP contribution < -0.4 is 10.3 Å². The number of esters is 1. The van der Waals surface area contributed by atoms with Crippen LogP contribution in [0, 0.1) is 20.8 Å². The first-order valence-electron chi connectivity index (χ1n) is 9.22. The summed E-state index contributed by atoms with van der Waals surface area (Å²) in [6.07, 6.45) is 0.529. The van der Waals surface area contributed by atoms with Gasteiger partial charge in [-0.15, -0.1) is 0 Å². The SMILES string of the molecule is Cc1cc2c(c(=O)[nH]1)[C@@H](c1c(C)nn([C@@]3(C)CCS(=O)(=O)C3)c1C)CC(=O)O2. The maximum atomic E-state index is 12.7. The van der Waals surface area contributed by atoms with Gasteiger partial charge >= 0.3 is 5.97 Å². The Hall–Kier alpha value is -2.42. The van der Waals surface area contributed by atoms with Gasteiger partial charge in [0.05, 0.1) is 34.7 Å². The second-order valence-electron chi connectivity index (χ2n) is 8.13. The van der Waals surface area contributed by atoms with E-state index in [-0.39, 0.29) is 29.2 Å². The number of rotatable bonds is 2.